The van der Waals surface area contributed by atoms with E-state index in [2.05, 4.69) is 15.9 Å². The quantitative estimate of drug-likeness (QED) is 0.748. The molecule has 3 nitrogen and oxygen atoms in total. The summed E-state index contributed by atoms with van der Waals surface area (Å²) < 4.78 is 5.74. The molecule has 0 N–H and O–H groups in total. The topological polar surface area (TPSA) is 29.5 Å². The van der Waals surface area contributed by atoms with Gasteiger partial charge in [-0.25, -0.2) is 0 Å². The summed E-state index contributed by atoms with van der Waals surface area (Å²) in [7, 11) is 0. The maximum Gasteiger partial charge on any atom is 0.252 e. The minimum Gasteiger partial charge on any atom is -0.353 e. The number of rotatable bonds is 3. The molecule has 1 aliphatic rings. The second-order valence-corrected chi connectivity index (χ2v) is 5.86. The summed E-state index contributed by atoms with van der Waals surface area (Å²) in [6.07, 6.45) is -0.204. The van der Waals surface area contributed by atoms with Gasteiger partial charge >= 0.3 is 0 Å². The minimum atomic E-state index is -0.215. The molecule has 0 aromatic heterocycles. The molecule has 0 unspecified atom stereocenters. The Morgan fingerprint density at radius 2 is 1.94 bits per heavy atom. The second-order valence-electron chi connectivity index (χ2n) is 5.07. The molecule has 1 amide bonds. The van der Waals surface area contributed by atoms with Crippen molar-refractivity contribution in [3.05, 3.63) is 11.1 Å². The molecule has 0 saturated heterocycles. The van der Waals surface area contributed by atoms with E-state index in [4.69, 9.17) is 4.74 Å². The van der Waals surface area contributed by atoms with Crippen LogP contribution in [0.15, 0.2) is 11.1 Å². The van der Waals surface area contributed by atoms with Crippen LogP contribution in [0.5, 0.6) is 0 Å². The highest BCUT2D eigenvalue weighted by molar-refractivity contribution is 9.09. The summed E-state index contributed by atoms with van der Waals surface area (Å²) in [6, 6.07) is 0. The Hall–Kier alpha value is -0.350. The van der Waals surface area contributed by atoms with Crippen LogP contribution in [0.2, 0.25) is 0 Å². The van der Waals surface area contributed by atoms with Crippen molar-refractivity contribution in [1.29, 1.82) is 0 Å². The van der Waals surface area contributed by atoms with Crippen molar-refractivity contribution in [3.63, 3.8) is 0 Å². The van der Waals surface area contributed by atoms with Crippen LogP contribution in [0, 0.1) is 0 Å². The lowest BCUT2D eigenvalue weighted by molar-refractivity contribution is -0.143. The van der Waals surface area contributed by atoms with Crippen molar-refractivity contribution in [3.8, 4) is 0 Å². The summed E-state index contributed by atoms with van der Waals surface area (Å²) >= 11 is 3.33. The summed E-state index contributed by atoms with van der Waals surface area (Å²) in [5.74, 6) is 0.0876. The maximum atomic E-state index is 12.1. The van der Waals surface area contributed by atoms with Gasteiger partial charge in [-0.05, 0) is 40.2 Å². The van der Waals surface area contributed by atoms with E-state index in [1.165, 1.54) is 0 Å². The first kappa shape index (κ1) is 13.7. The SMILES string of the molecule is CC1=C(C)[C@@H](OCCBr)N(C(C)(C)C)C1=O. The number of carbonyl (C=O) groups excluding carboxylic acids is 1. The van der Waals surface area contributed by atoms with Gasteiger partial charge in [0.25, 0.3) is 5.91 Å². The second kappa shape index (κ2) is 4.88. The number of ether oxygens (including phenoxy) is 1. The molecular weight excluding hydrogens is 270 g/mol. The number of alkyl halides is 1. The van der Waals surface area contributed by atoms with E-state index in [9.17, 15) is 4.79 Å². The van der Waals surface area contributed by atoms with E-state index in [0.29, 0.717) is 6.61 Å². The highest BCUT2D eigenvalue weighted by Gasteiger charge is 2.41. The Balaban J connectivity index is 2.96. The molecule has 0 radical (unpaired) electrons. The Morgan fingerprint density at radius 1 is 1.38 bits per heavy atom. The Bertz CT molecular complexity index is 317. The van der Waals surface area contributed by atoms with Crippen LogP contribution in [-0.2, 0) is 9.53 Å². The van der Waals surface area contributed by atoms with E-state index in [1.807, 2.05) is 39.5 Å². The molecule has 16 heavy (non-hydrogen) atoms. The number of hydrogen-bond acceptors (Lipinski definition) is 2. The molecule has 1 heterocycles. The van der Waals surface area contributed by atoms with Crippen LogP contribution in [0.1, 0.15) is 34.6 Å². The smallest absolute Gasteiger partial charge is 0.252 e. The molecular formula is C12H20BrNO2. The predicted octanol–water partition coefficient (Wildman–Crippen LogP) is 2.70. The Kier molecular flexibility index (Phi) is 4.18. The molecule has 0 aliphatic carbocycles. The number of carbonyl (C=O) groups is 1. The van der Waals surface area contributed by atoms with Gasteiger partial charge in [-0.2, -0.15) is 0 Å². The molecule has 1 rings (SSSR count). The largest absolute Gasteiger partial charge is 0.353 e. The van der Waals surface area contributed by atoms with Gasteiger partial charge in [0.15, 0.2) is 6.23 Å². The number of hydrogen-bond donors (Lipinski definition) is 0. The highest BCUT2D eigenvalue weighted by atomic mass is 79.9. The van der Waals surface area contributed by atoms with Crippen LogP contribution < -0.4 is 0 Å². The highest BCUT2D eigenvalue weighted by Crippen LogP contribution is 2.32. The van der Waals surface area contributed by atoms with Crippen molar-refractivity contribution in [2.24, 2.45) is 0 Å². The zero-order chi connectivity index (χ0) is 12.5. The fraction of sp³-hybridized carbons (Fsp3) is 0.750. The fourth-order valence-electron chi connectivity index (χ4n) is 1.85. The van der Waals surface area contributed by atoms with Gasteiger partial charge in [0.1, 0.15) is 0 Å². The van der Waals surface area contributed by atoms with Gasteiger partial charge in [0, 0.05) is 16.4 Å². The third-order valence-electron chi connectivity index (χ3n) is 2.81. The van der Waals surface area contributed by atoms with E-state index in [1.54, 1.807) is 0 Å². The van der Waals surface area contributed by atoms with Crippen molar-refractivity contribution in [2.45, 2.75) is 46.4 Å². The first-order chi connectivity index (χ1) is 7.30. The zero-order valence-corrected chi connectivity index (χ0v) is 12.2. The lowest BCUT2D eigenvalue weighted by Crippen LogP contribution is -2.49. The van der Waals surface area contributed by atoms with Gasteiger partial charge in [0.2, 0.25) is 0 Å². The van der Waals surface area contributed by atoms with Gasteiger partial charge in [0.05, 0.1) is 6.61 Å². The Labute approximate surface area is 106 Å². The van der Waals surface area contributed by atoms with Crippen molar-refractivity contribution < 1.29 is 9.53 Å². The summed E-state index contributed by atoms with van der Waals surface area (Å²) in [4.78, 5) is 13.9. The fourth-order valence-corrected chi connectivity index (χ4v) is 2.03. The van der Waals surface area contributed by atoms with Gasteiger partial charge in [-0.1, -0.05) is 15.9 Å². The molecule has 1 aliphatic heterocycles. The van der Waals surface area contributed by atoms with Gasteiger partial charge in [-0.3, -0.25) is 4.79 Å². The Morgan fingerprint density at radius 3 is 2.38 bits per heavy atom. The van der Waals surface area contributed by atoms with Gasteiger partial charge < -0.3 is 9.64 Å². The lowest BCUT2D eigenvalue weighted by Gasteiger charge is -2.37. The van der Waals surface area contributed by atoms with Crippen LogP contribution >= 0.6 is 15.9 Å². The van der Waals surface area contributed by atoms with Gasteiger partial charge in [-0.15, -0.1) is 0 Å². The summed E-state index contributed by atoms with van der Waals surface area (Å²) in [5, 5.41) is 0.780. The zero-order valence-electron chi connectivity index (χ0n) is 10.6. The standard InChI is InChI=1S/C12H20BrNO2/c1-8-9(2)11(16-7-6-13)14(10(8)15)12(3,4)5/h11H,6-7H2,1-5H3/t11-/m1/s1. The molecule has 0 aromatic rings. The molecule has 0 saturated carbocycles. The average Bonchev–Trinajstić information content (AvgIpc) is 2.39. The van der Waals surface area contributed by atoms with E-state index >= 15 is 0 Å². The van der Waals surface area contributed by atoms with E-state index < -0.39 is 0 Å². The molecule has 0 aromatic carbocycles. The number of nitrogens with zero attached hydrogens (tertiary/aromatic N) is 1. The minimum absolute atomic E-state index is 0.0876. The van der Waals surface area contributed by atoms with Crippen molar-refractivity contribution >= 4 is 21.8 Å². The molecule has 0 fully saturated rings. The van der Waals surface area contributed by atoms with Crippen molar-refractivity contribution in [1.82, 2.24) is 4.90 Å². The van der Waals surface area contributed by atoms with Crippen LogP contribution in [-0.4, -0.2) is 34.5 Å². The van der Waals surface area contributed by atoms with Crippen LogP contribution in [0.4, 0.5) is 0 Å². The normalized spacial score (nSPS) is 22.2. The predicted molar refractivity (Wildman–Crippen MR) is 68.5 cm³/mol. The third-order valence-corrected chi connectivity index (χ3v) is 3.14. The summed E-state index contributed by atoms with van der Waals surface area (Å²) in [5.41, 5.74) is 1.63. The molecule has 0 bridgehead atoms. The van der Waals surface area contributed by atoms with Crippen molar-refractivity contribution in [2.75, 3.05) is 11.9 Å². The molecule has 4 heteroatoms. The van der Waals surface area contributed by atoms with Crippen LogP contribution in [0.3, 0.4) is 0 Å². The molecule has 0 spiro atoms. The monoisotopic (exact) mass is 289 g/mol. The lowest BCUT2D eigenvalue weighted by atomic mass is 10.1. The number of amides is 1. The van der Waals surface area contributed by atoms with E-state index in [0.717, 1.165) is 16.5 Å². The number of halogens is 1. The first-order valence-corrected chi connectivity index (χ1v) is 6.61. The average molecular weight is 290 g/mol. The maximum absolute atomic E-state index is 12.1. The molecule has 1 atom stereocenters. The first-order valence-electron chi connectivity index (χ1n) is 5.49. The van der Waals surface area contributed by atoms with E-state index in [-0.39, 0.29) is 17.7 Å². The summed E-state index contributed by atoms with van der Waals surface area (Å²) in [6.45, 7) is 10.5. The van der Waals surface area contributed by atoms with Crippen LogP contribution in [0.25, 0.3) is 0 Å². The third kappa shape index (κ3) is 2.48. The molecule has 92 valence electrons.